The van der Waals surface area contributed by atoms with Gasteiger partial charge >= 0.3 is 0 Å². The Balaban J connectivity index is 1.32. The lowest BCUT2D eigenvalue weighted by Gasteiger charge is -2.44. The second kappa shape index (κ2) is 8.61. The van der Waals surface area contributed by atoms with Crippen LogP contribution in [0.3, 0.4) is 0 Å². The van der Waals surface area contributed by atoms with E-state index in [0.29, 0.717) is 11.8 Å². The lowest BCUT2D eigenvalue weighted by atomic mass is 9.78. The third kappa shape index (κ3) is 4.63. The van der Waals surface area contributed by atoms with Gasteiger partial charge in [0.25, 0.3) is 0 Å². The van der Waals surface area contributed by atoms with Crippen LogP contribution in [0.4, 0.5) is 10.8 Å². The van der Waals surface area contributed by atoms with Crippen LogP contribution in [0.1, 0.15) is 44.1 Å². The number of thioether (sulfide) groups is 1. The molecule has 1 aromatic carbocycles. The summed E-state index contributed by atoms with van der Waals surface area (Å²) in [6.45, 7) is 2.99. The monoisotopic (exact) mass is 402 g/mol. The van der Waals surface area contributed by atoms with E-state index < -0.39 is 0 Å². The number of piperidine rings is 1. The number of anilines is 2. The molecule has 2 aromatic rings. The summed E-state index contributed by atoms with van der Waals surface area (Å²) in [4.78, 5) is 15.0. The highest BCUT2D eigenvalue weighted by Crippen LogP contribution is 2.36. The molecule has 1 aromatic heterocycles. The minimum atomic E-state index is 0.264. The van der Waals surface area contributed by atoms with Crippen LogP contribution in [0.25, 0.3) is 0 Å². The topological polar surface area (TPSA) is 58.1 Å². The molecule has 1 N–H and O–H groups in total. The molecule has 1 aliphatic heterocycles. The third-order valence-corrected chi connectivity index (χ3v) is 7.52. The molecular formula is C20H26N4OS2. The first-order valence-electron chi connectivity index (χ1n) is 9.78. The summed E-state index contributed by atoms with van der Waals surface area (Å²) in [6, 6.07) is 8.66. The molecule has 27 heavy (non-hydrogen) atoms. The van der Waals surface area contributed by atoms with E-state index in [2.05, 4.69) is 39.5 Å². The number of benzene rings is 1. The van der Waals surface area contributed by atoms with Crippen molar-refractivity contribution in [3.63, 3.8) is 0 Å². The molecule has 0 radical (unpaired) electrons. The number of carbonyl (C=O) groups is 1. The Morgan fingerprint density at radius 1 is 1.26 bits per heavy atom. The lowest BCUT2D eigenvalue weighted by molar-refractivity contribution is -0.134. The maximum absolute atomic E-state index is 12.8. The standard InChI is InChI=1S/C20H26N4OS2/c1-14-6-4-9-16(12-14)21-19-22-23-20(27-19)26-13-18(25)24-11-5-8-15-7-2-3-10-17(15)24/h4,6,9,12,15,17H,2-3,5,7-8,10-11,13H2,1H3,(H,21,22)/t15-,17-/m0/s1. The van der Waals surface area contributed by atoms with Gasteiger partial charge in [0.05, 0.1) is 5.75 Å². The van der Waals surface area contributed by atoms with Crippen molar-refractivity contribution in [2.24, 2.45) is 5.92 Å². The molecule has 2 aliphatic rings. The normalized spacial score (nSPS) is 22.3. The molecule has 0 bridgehead atoms. The average molecular weight is 403 g/mol. The van der Waals surface area contributed by atoms with E-state index in [1.54, 1.807) is 0 Å². The highest BCUT2D eigenvalue weighted by molar-refractivity contribution is 8.01. The molecule has 4 rings (SSSR count). The fraction of sp³-hybridized carbons (Fsp3) is 0.550. The van der Waals surface area contributed by atoms with Gasteiger partial charge in [-0.1, -0.05) is 48.1 Å². The Morgan fingerprint density at radius 2 is 2.11 bits per heavy atom. The summed E-state index contributed by atoms with van der Waals surface area (Å²) < 4.78 is 0.843. The van der Waals surface area contributed by atoms with Crippen molar-refractivity contribution in [3.8, 4) is 0 Å². The van der Waals surface area contributed by atoms with Crippen LogP contribution in [0.15, 0.2) is 28.6 Å². The summed E-state index contributed by atoms with van der Waals surface area (Å²) in [6.07, 6.45) is 7.53. The minimum absolute atomic E-state index is 0.264. The van der Waals surface area contributed by atoms with Crippen LogP contribution in [-0.4, -0.2) is 39.3 Å². The molecule has 1 aliphatic carbocycles. The van der Waals surface area contributed by atoms with E-state index in [-0.39, 0.29) is 5.91 Å². The first-order chi connectivity index (χ1) is 13.2. The van der Waals surface area contributed by atoms with E-state index in [0.717, 1.165) is 34.0 Å². The fourth-order valence-corrected chi connectivity index (χ4v) is 5.96. The maximum atomic E-state index is 12.8. The van der Waals surface area contributed by atoms with Gasteiger partial charge in [0.2, 0.25) is 11.0 Å². The van der Waals surface area contributed by atoms with E-state index in [4.69, 9.17) is 0 Å². The Labute approximate surface area is 168 Å². The van der Waals surface area contributed by atoms with E-state index in [1.165, 1.54) is 60.8 Å². The highest BCUT2D eigenvalue weighted by Gasteiger charge is 2.35. The minimum Gasteiger partial charge on any atom is -0.339 e. The summed E-state index contributed by atoms with van der Waals surface area (Å²) in [7, 11) is 0. The smallest absolute Gasteiger partial charge is 0.233 e. The van der Waals surface area contributed by atoms with Crippen LogP contribution >= 0.6 is 23.1 Å². The van der Waals surface area contributed by atoms with Gasteiger partial charge in [0.15, 0.2) is 4.34 Å². The second-order valence-electron chi connectivity index (χ2n) is 7.50. The molecule has 2 heterocycles. The Kier molecular flexibility index (Phi) is 5.98. The molecule has 1 amide bonds. The van der Waals surface area contributed by atoms with E-state index >= 15 is 0 Å². The number of rotatable bonds is 5. The molecule has 2 fully saturated rings. The quantitative estimate of drug-likeness (QED) is 0.724. The zero-order valence-corrected chi connectivity index (χ0v) is 17.3. The van der Waals surface area contributed by atoms with Gasteiger partial charge in [-0.3, -0.25) is 4.79 Å². The molecule has 0 spiro atoms. The number of carbonyl (C=O) groups excluding carboxylic acids is 1. The number of fused-ring (bicyclic) bond motifs is 1. The van der Waals surface area contributed by atoms with E-state index in [9.17, 15) is 4.79 Å². The SMILES string of the molecule is Cc1cccc(Nc2nnc(SCC(=O)N3CCC[C@@H]4CCCC[C@@H]43)s2)c1. The van der Waals surface area contributed by atoms with Crippen LogP contribution in [0.5, 0.6) is 0 Å². The molecule has 144 valence electrons. The van der Waals surface area contributed by atoms with Crippen molar-refractivity contribution in [2.45, 2.75) is 55.8 Å². The summed E-state index contributed by atoms with van der Waals surface area (Å²) in [5, 5.41) is 12.5. The average Bonchev–Trinajstić information content (AvgIpc) is 3.13. The Hall–Kier alpha value is -1.60. The zero-order valence-electron chi connectivity index (χ0n) is 15.7. The van der Waals surface area contributed by atoms with Crippen molar-refractivity contribution in [1.82, 2.24) is 15.1 Å². The first kappa shape index (κ1) is 18.7. The highest BCUT2D eigenvalue weighted by atomic mass is 32.2. The number of amides is 1. The number of nitrogens with zero attached hydrogens (tertiary/aromatic N) is 3. The van der Waals surface area contributed by atoms with Gasteiger partial charge in [-0.05, 0) is 56.2 Å². The summed E-state index contributed by atoms with van der Waals surface area (Å²) in [5.41, 5.74) is 2.21. The summed E-state index contributed by atoms with van der Waals surface area (Å²) >= 11 is 3.01. The lowest BCUT2D eigenvalue weighted by Crippen LogP contribution is -2.50. The Morgan fingerprint density at radius 3 is 3.00 bits per heavy atom. The third-order valence-electron chi connectivity index (χ3n) is 5.56. The summed E-state index contributed by atoms with van der Waals surface area (Å²) in [5.74, 6) is 1.45. The predicted molar refractivity (Wildman–Crippen MR) is 112 cm³/mol. The van der Waals surface area contributed by atoms with Crippen molar-refractivity contribution in [1.29, 1.82) is 0 Å². The largest absolute Gasteiger partial charge is 0.339 e. The van der Waals surface area contributed by atoms with Gasteiger partial charge in [0.1, 0.15) is 0 Å². The fourth-order valence-electron chi connectivity index (χ4n) is 4.31. The molecule has 1 saturated heterocycles. The maximum Gasteiger partial charge on any atom is 0.233 e. The van der Waals surface area contributed by atoms with Crippen LogP contribution in [0, 0.1) is 12.8 Å². The van der Waals surface area contributed by atoms with Gasteiger partial charge in [-0.15, -0.1) is 10.2 Å². The number of aryl methyl sites for hydroxylation is 1. The number of hydrogen-bond donors (Lipinski definition) is 1. The molecule has 2 atom stereocenters. The van der Waals surface area contributed by atoms with Gasteiger partial charge in [0, 0.05) is 18.3 Å². The second-order valence-corrected chi connectivity index (χ2v) is 9.70. The molecule has 7 heteroatoms. The molecule has 0 unspecified atom stereocenters. The van der Waals surface area contributed by atoms with Crippen molar-refractivity contribution in [3.05, 3.63) is 29.8 Å². The van der Waals surface area contributed by atoms with Gasteiger partial charge < -0.3 is 10.2 Å². The van der Waals surface area contributed by atoms with Crippen LogP contribution in [-0.2, 0) is 4.79 Å². The molecule has 1 saturated carbocycles. The number of nitrogens with one attached hydrogen (secondary N) is 1. The number of likely N-dealkylation sites (tertiary alicyclic amines) is 1. The van der Waals surface area contributed by atoms with Crippen molar-refractivity contribution >= 4 is 39.8 Å². The predicted octanol–water partition coefficient (Wildman–Crippen LogP) is 4.86. The van der Waals surface area contributed by atoms with Crippen LogP contribution in [0.2, 0.25) is 0 Å². The van der Waals surface area contributed by atoms with Crippen molar-refractivity contribution in [2.75, 3.05) is 17.6 Å². The van der Waals surface area contributed by atoms with Gasteiger partial charge in [-0.25, -0.2) is 0 Å². The molecular weight excluding hydrogens is 376 g/mol. The first-order valence-corrected chi connectivity index (χ1v) is 11.6. The Bertz CT molecular complexity index is 792. The number of hydrogen-bond acceptors (Lipinski definition) is 6. The van der Waals surface area contributed by atoms with Crippen LogP contribution < -0.4 is 5.32 Å². The number of aromatic nitrogens is 2. The van der Waals surface area contributed by atoms with Gasteiger partial charge in [-0.2, -0.15) is 0 Å². The van der Waals surface area contributed by atoms with E-state index in [1.807, 2.05) is 12.1 Å². The van der Waals surface area contributed by atoms with Crippen molar-refractivity contribution < 1.29 is 4.79 Å². The zero-order chi connectivity index (χ0) is 18.6. The molecule has 5 nitrogen and oxygen atoms in total.